The van der Waals surface area contributed by atoms with Crippen LogP contribution >= 0.6 is 11.3 Å². The van der Waals surface area contributed by atoms with Gasteiger partial charge in [0.05, 0.1) is 16.6 Å². The summed E-state index contributed by atoms with van der Waals surface area (Å²) in [4.78, 5) is 24.4. The minimum Gasteiger partial charge on any atom is -0.373 e. The van der Waals surface area contributed by atoms with Crippen LogP contribution in [0.2, 0.25) is 0 Å². The quantitative estimate of drug-likeness (QED) is 0.945. The predicted molar refractivity (Wildman–Crippen MR) is 88.4 cm³/mol. The number of nitrogens with zero attached hydrogens (tertiary/aromatic N) is 3. The van der Waals surface area contributed by atoms with Gasteiger partial charge in [0.1, 0.15) is 11.6 Å². The number of hydrogen-bond acceptors (Lipinski definition) is 5. The van der Waals surface area contributed by atoms with Crippen molar-refractivity contribution in [2.75, 3.05) is 18.9 Å². The molecule has 1 amide bonds. The Bertz CT molecular complexity index is 697. The number of thiophene rings is 1. The molecule has 3 heterocycles. The largest absolute Gasteiger partial charge is 0.373 e. The summed E-state index contributed by atoms with van der Waals surface area (Å²) in [6.07, 6.45) is 1.97. The standard InChI is InChI=1S/C16H20N4OS/c1-10-7-14(22-9-10)16(21)20-6-4-5-13(20)12-8-15(17-3)19-11(2)18-12/h7-9,13H,4-6H2,1-3H3,(H,17,18,19). The van der Waals surface area contributed by atoms with Gasteiger partial charge < -0.3 is 10.2 Å². The molecule has 1 aliphatic rings. The summed E-state index contributed by atoms with van der Waals surface area (Å²) < 4.78 is 0. The van der Waals surface area contributed by atoms with Crippen LogP contribution in [0.25, 0.3) is 0 Å². The number of hydrogen-bond donors (Lipinski definition) is 1. The predicted octanol–water partition coefficient (Wildman–Crippen LogP) is 3.17. The molecule has 1 fully saturated rings. The van der Waals surface area contributed by atoms with Gasteiger partial charge in [-0.2, -0.15) is 0 Å². The van der Waals surface area contributed by atoms with Gasteiger partial charge in [0.15, 0.2) is 0 Å². The number of nitrogens with one attached hydrogen (secondary N) is 1. The Morgan fingerprint density at radius 2 is 2.18 bits per heavy atom. The van der Waals surface area contributed by atoms with E-state index < -0.39 is 0 Å². The Labute approximate surface area is 134 Å². The molecule has 1 N–H and O–H groups in total. The number of likely N-dealkylation sites (tertiary alicyclic amines) is 1. The van der Waals surface area contributed by atoms with Crippen LogP contribution in [0.15, 0.2) is 17.5 Å². The fourth-order valence-corrected chi connectivity index (χ4v) is 3.74. The maximum atomic E-state index is 12.8. The molecule has 0 radical (unpaired) electrons. The van der Waals surface area contributed by atoms with E-state index in [0.717, 1.165) is 47.2 Å². The average Bonchev–Trinajstić information content (AvgIpc) is 3.14. The summed E-state index contributed by atoms with van der Waals surface area (Å²) in [5.41, 5.74) is 2.07. The van der Waals surface area contributed by atoms with Crippen molar-refractivity contribution in [2.45, 2.75) is 32.7 Å². The Kier molecular flexibility index (Phi) is 4.11. The Hall–Kier alpha value is -1.95. The molecule has 2 aromatic heterocycles. The van der Waals surface area contributed by atoms with Crippen LogP contribution in [-0.2, 0) is 0 Å². The third-order valence-electron chi connectivity index (χ3n) is 3.91. The number of carbonyl (C=O) groups excluding carboxylic acids is 1. The lowest BCUT2D eigenvalue weighted by Crippen LogP contribution is -2.30. The normalized spacial score (nSPS) is 17.8. The minimum absolute atomic E-state index is 0.0451. The zero-order chi connectivity index (χ0) is 15.7. The van der Waals surface area contributed by atoms with Crippen LogP contribution in [0.5, 0.6) is 0 Å². The van der Waals surface area contributed by atoms with Crippen molar-refractivity contribution in [3.8, 4) is 0 Å². The highest BCUT2D eigenvalue weighted by molar-refractivity contribution is 7.12. The van der Waals surface area contributed by atoms with Crippen LogP contribution in [0.1, 0.15) is 45.6 Å². The summed E-state index contributed by atoms with van der Waals surface area (Å²) in [5, 5.41) is 5.08. The van der Waals surface area contributed by atoms with E-state index in [1.54, 1.807) is 0 Å². The first kappa shape index (κ1) is 15.0. The van der Waals surface area contributed by atoms with Gasteiger partial charge in [-0.1, -0.05) is 0 Å². The summed E-state index contributed by atoms with van der Waals surface area (Å²) >= 11 is 1.52. The van der Waals surface area contributed by atoms with Gasteiger partial charge in [0.2, 0.25) is 0 Å². The second-order valence-corrected chi connectivity index (χ2v) is 6.53. The first-order valence-electron chi connectivity index (χ1n) is 7.48. The molecular formula is C16H20N4OS. The topological polar surface area (TPSA) is 58.1 Å². The van der Waals surface area contributed by atoms with Crippen LogP contribution < -0.4 is 5.32 Å². The molecule has 1 aliphatic heterocycles. The molecule has 1 atom stereocenters. The number of aryl methyl sites for hydroxylation is 2. The molecule has 5 nitrogen and oxygen atoms in total. The van der Waals surface area contributed by atoms with E-state index in [1.807, 2.05) is 43.3 Å². The van der Waals surface area contributed by atoms with Crippen molar-refractivity contribution in [3.05, 3.63) is 39.5 Å². The molecule has 0 saturated carbocycles. The fourth-order valence-electron chi connectivity index (χ4n) is 2.89. The average molecular weight is 316 g/mol. The zero-order valence-electron chi connectivity index (χ0n) is 13.1. The van der Waals surface area contributed by atoms with Crippen LogP contribution in [0.3, 0.4) is 0 Å². The van der Waals surface area contributed by atoms with Crippen molar-refractivity contribution < 1.29 is 4.79 Å². The minimum atomic E-state index is 0.0451. The first-order chi connectivity index (χ1) is 10.6. The smallest absolute Gasteiger partial charge is 0.264 e. The molecule has 22 heavy (non-hydrogen) atoms. The third-order valence-corrected chi connectivity index (χ3v) is 4.95. The number of rotatable bonds is 3. The molecule has 1 saturated heterocycles. The summed E-state index contributed by atoms with van der Waals surface area (Å²) in [6, 6.07) is 3.96. The lowest BCUT2D eigenvalue weighted by molar-refractivity contribution is 0.0737. The third kappa shape index (κ3) is 2.83. The van der Waals surface area contributed by atoms with Crippen LogP contribution in [0, 0.1) is 13.8 Å². The van der Waals surface area contributed by atoms with Gasteiger partial charge in [-0.05, 0) is 43.7 Å². The maximum absolute atomic E-state index is 12.8. The lowest BCUT2D eigenvalue weighted by atomic mass is 10.1. The van der Waals surface area contributed by atoms with E-state index in [1.165, 1.54) is 11.3 Å². The second-order valence-electron chi connectivity index (χ2n) is 5.62. The Balaban J connectivity index is 1.90. The van der Waals surface area contributed by atoms with E-state index >= 15 is 0 Å². The molecule has 6 heteroatoms. The molecule has 0 aromatic carbocycles. The molecule has 2 aromatic rings. The molecular weight excluding hydrogens is 296 g/mol. The lowest BCUT2D eigenvalue weighted by Gasteiger charge is -2.24. The zero-order valence-corrected chi connectivity index (χ0v) is 13.9. The van der Waals surface area contributed by atoms with Crippen molar-refractivity contribution in [1.82, 2.24) is 14.9 Å². The van der Waals surface area contributed by atoms with Gasteiger partial charge >= 0.3 is 0 Å². The number of amides is 1. The highest BCUT2D eigenvalue weighted by Gasteiger charge is 2.32. The summed E-state index contributed by atoms with van der Waals surface area (Å²) in [6.45, 7) is 4.69. The highest BCUT2D eigenvalue weighted by Crippen LogP contribution is 2.33. The van der Waals surface area contributed by atoms with Gasteiger partial charge in [0.25, 0.3) is 5.91 Å². The highest BCUT2D eigenvalue weighted by atomic mass is 32.1. The number of carbonyl (C=O) groups is 1. The molecule has 0 aliphatic carbocycles. The van der Waals surface area contributed by atoms with Crippen molar-refractivity contribution in [3.63, 3.8) is 0 Å². The molecule has 0 spiro atoms. The Morgan fingerprint density at radius 3 is 2.86 bits per heavy atom. The van der Waals surface area contributed by atoms with Gasteiger partial charge in [-0.3, -0.25) is 4.79 Å². The van der Waals surface area contributed by atoms with E-state index in [0.29, 0.717) is 0 Å². The number of anilines is 1. The SMILES string of the molecule is CNc1cc(C2CCCN2C(=O)c2cc(C)cs2)nc(C)n1. The van der Waals surface area contributed by atoms with Crippen LogP contribution in [0.4, 0.5) is 5.82 Å². The summed E-state index contributed by atoms with van der Waals surface area (Å²) in [7, 11) is 1.84. The van der Waals surface area contributed by atoms with E-state index in [-0.39, 0.29) is 11.9 Å². The molecule has 3 rings (SSSR count). The van der Waals surface area contributed by atoms with Gasteiger partial charge in [-0.15, -0.1) is 11.3 Å². The van der Waals surface area contributed by atoms with E-state index in [9.17, 15) is 4.79 Å². The monoisotopic (exact) mass is 316 g/mol. The van der Waals surface area contributed by atoms with E-state index in [2.05, 4.69) is 15.3 Å². The molecule has 116 valence electrons. The van der Waals surface area contributed by atoms with Gasteiger partial charge in [0, 0.05) is 19.7 Å². The first-order valence-corrected chi connectivity index (χ1v) is 8.36. The van der Waals surface area contributed by atoms with Crippen molar-refractivity contribution >= 4 is 23.1 Å². The Morgan fingerprint density at radius 1 is 1.36 bits per heavy atom. The van der Waals surface area contributed by atoms with Crippen molar-refractivity contribution in [1.29, 1.82) is 0 Å². The van der Waals surface area contributed by atoms with Gasteiger partial charge in [-0.25, -0.2) is 9.97 Å². The number of aromatic nitrogens is 2. The van der Waals surface area contributed by atoms with E-state index in [4.69, 9.17) is 0 Å². The second kappa shape index (κ2) is 6.04. The maximum Gasteiger partial charge on any atom is 0.264 e. The molecule has 0 bridgehead atoms. The van der Waals surface area contributed by atoms with Crippen molar-refractivity contribution in [2.24, 2.45) is 0 Å². The van der Waals surface area contributed by atoms with Crippen LogP contribution in [-0.4, -0.2) is 34.4 Å². The summed E-state index contributed by atoms with van der Waals surface area (Å²) in [5.74, 6) is 1.64. The fraction of sp³-hybridized carbons (Fsp3) is 0.438. The molecule has 1 unspecified atom stereocenters.